The van der Waals surface area contributed by atoms with Crippen LogP contribution < -0.4 is 14.9 Å². The normalized spacial score (nSPS) is 11.1. The molecule has 2 amide bonds. The summed E-state index contributed by atoms with van der Waals surface area (Å²) in [5.41, 5.74) is 2.39. The first-order chi connectivity index (χ1) is 14.7. The summed E-state index contributed by atoms with van der Waals surface area (Å²) < 4.78 is 25.7. The minimum Gasteiger partial charge on any atom is -0.352 e. The number of hydrogen-bond acceptors (Lipinski definition) is 4. The maximum absolute atomic E-state index is 12.5. The number of aryl methyl sites for hydroxylation is 1. The fourth-order valence-corrected chi connectivity index (χ4v) is 4.09. The van der Waals surface area contributed by atoms with E-state index in [9.17, 15) is 18.0 Å². The van der Waals surface area contributed by atoms with Crippen LogP contribution in [-0.4, -0.2) is 39.6 Å². The molecule has 0 radical (unpaired) electrons. The van der Waals surface area contributed by atoms with Gasteiger partial charge in [0.1, 0.15) is 0 Å². The highest BCUT2D eigenvalue weighted by molar-refractivity contribution is 7.92. The summed E-state index contributed by atoms with van der Waals surface area (Å²) in [5, 5.41) is 5.62. The molecule has 0 aromatic heterocycles. The van der Waals surface area contributed by atoms with Crippen LogP contribution in [0.25, 0.3) is 0 Å². The van der Waals surface area contributed by atoms with Gasteiger partial charge in [-0.3, -0.25) is 13.9 Å². The standard InChI is InChI=1S/C23H31N3O4S/c1-4-5-15-24-23(28)20-12-6-7-13-21(20)25-22(27)14-9-16-26(31(3,29)30)19-11-8-10-18(2)17-19/h6-8,10-13,17H,4-5,9,14-16H2,1-3H3,(H,24,28)(H,25,27). The number of nitrogens with one attached hydrogen (secondary N) is 2. The number of sulfonamides is 1. The number of carbonyl (C=O) groups is 2. The third-order valence-corrected chi connectivity index (χ3v) is 5.91. The van der Waals surface area contributed by atoms with Crippen LogP contribution in [-0.2, 0) is 14.8 Å². The molecule has 2 N–H and O–H groups in total. The van der Waals surface area contributed by atoms with Crippen LogP contribution >= 0.6 is 0 Å². The zero-order valence-electron chi connectivity index (χ0n) is 18.3. The second-order valence-corrected chi connectivity index (χ2v) is 9.39. The van der Waals surface area contributed by atoms with Crippen LogP contribution in [0.5, 0.6) is 0 Å². The summed E-state index contributed by atoms with van der Waals surface area (Å²) in [6, 6.07) is 14.1. The van der Waals surface area contributed by atoms with Gasteiger partial charge in [-0.25, -0.2) is 8.42 Å². The predicted octanol–water partition coefficient (Wildman–Crippen LogP) is 3.71. The smallest absolute Gasteiger partial charge is 0.253 e. The minimum atomic E-state index is -3.47. The van der Waals surface area contributed by atoms with Crippen molar-refractivity contribution >= 4 is 33.2 Å². The lowest BCUT2D eigenvalue weighted by molar-refractivity contribution is -0.116. The van der Waals surface area contributed by atoms with Crippen LogP contribution in [0, 0.1) is 6.92 Å². The number of para-hydroxylation sites is 1. The van der Waals surface area contributed by atoms with Gasteiger partial charge in [-0.15, -0.1) is 0 Å². The zero-order valence-corrected chi connectivity index (χ0v) is 19.2. The molecule has 0 saturated heterocycles. The van der Waals surface area contributed by atoms with E-state index in [1.54, 1.807) is 42.5 Å². The monoisotopic (exact) mass is 445 g/mol. The Labute approximate surface area is 184 Å². The van der Waals surface area contributed by atoms with Crippen molar-refractivity contribution in [2.24, 2.45) is 0 Å². The largest absolute Gasteiger partial charge is 0.352 e. The van der Waals surface area contributed by atoms with E-state index in [1.807, 2.05) is 19.9 Å². The van der Waals surface area contributed by atoms with Gasteiger partial charge in [-0.05, 0) is 49.6 Å². The average Bonchev–Trinajstić information content (AvgIpc) is 2.70. The average molecular weight is 446 g/mol. The van der Waals surface area contributed by atoms with Crippen LogP contribution in [0.3, 0.4) is 0 Å². The Kier molecular flexibility index (Phi) is 9.05. The summed E-state index contributed by atoms with van der Waals surface area (Å²) in [6.45, 7) is 4.71. The molecule has 0 atom stereocenters. The molecule has 0 aliphatic heterocycles. The van der Waals surface area contributed by atoms with Crippen molar-refractivity contribution in [1.29, 1.82) is 0 Å². The molecule has 0 saturated carbocycles. The minimum absolute atomic E-state index is 0.129. The molecule has 2 aromatic carbocycles. The van der Waals surface area contributed by atoms with Crippen molar-refractivity contribution in [2.75, 3.05) is 29.0 Å². The topological polar surface area (TPSA) is 95.6 Å². The summed E-state index contributed by atoms with van der Waals surface area (Å²) in [6.07, 6.45) is 3.49. The van der Waals surface area contributed by atoms with Crippen molar-refractivity contribution in [3.05, 3.63) is 59.7 Å². The van der Waals surface area contributed by atoms with Gasteiger partial charge in [0.25, 0.3) is 5.91 Å². The number of rotatable bonds is 11. The Balaban J connectivity index is 1.98. The lowest BCUT2D eigenvalue weighted by Gasteiger charge is -2.22. The van der Waals surface area contributed by atoms with Crippen molar-refractivity contribution < 1.29 is 18.0 Å². The molecule has 0 heterocycles. The summed E-state index contributed by atoms with van der Waals surface area (Å²) in [7, 11) is -3.47. The van der Waals surface area contributed by atoms with Crippen molar-refractivity contribution in [1.82, 2.24) is 5.32 Å². The summed E-state index contributed by atoms with van der Waals surface area (Å²) in [5.74, 6) is -0.501. The Hall–Kier alpha value is -2.87. The second-order valence-electron chi connectivity index (χ2n) is 7.48. The van der Waals surface area contributed by atoms with Gasteiger partial charge in [-0.1, -0.05) is 37.6 Å². The lowest BCUT2D eigenvalue weighted by atomic mass is 10.1. The number of nitrogens with zero attached hydrogens (tertiary/aromatic N) is 1. The molecule has 0 aliphatic rings. The summed E-state index contributed by atoms with van der Waals surface area (Å²) >= 11 is 0. The highest BCUT2D eigenvalue weighted by Crippen LogP contribution is 2.20. The fraction of sp³-hybridized carbons (Fsp3) is 0.391. The molecule has 0 spiro atoms. The molecular weight excluding hydrogens is 414 g/mol. The molecule has 31 heavy (non-hydrogen) atoms. The van der Waals surface area contributed by atoms with Gasteiger partial charge in [0, 0.05) is 19.5 Å². The predicted molar refractivity (Wildman–Crippen MR) is 125 cm³/mol. The van der Waals surface area contributed by atoms with E-state index in [4.69, 9.17) is 0 Å². The Morgan fingerprint density at radius 2 is 1.77 bits per heavy atom. The molecule has 0 fully saturated rings. The highest BCUT2D eigenvalue weighted by atomic mass is 32.2. The van der Waals surface area contributed by atoms with E-state index in [2.05, 4.69) is 10.6 Å². The zero-order chi connectivity index (χ0) is 22.9. The molecule has 2 aromatic rings. The van der Waals surface area contributed by atoms with Gasteiger partial charge in [0.15, 0.2) is 0 Å². The van der Waals surface area contributed by atoms with Gasteiger partial charge in [0.05, 0.1) is 23.2 Å². The van der Waals surface area contributed by atoms with E-state index in [-0.39, 0.29) is 24.8 Å². The van der Waals surface area contributed by atoms with Crippen LogP contribution in [0.1, 0.15) is 48.5 Å². The molecule has 7 nitrogen and oxygen atoms in total. The van der Waals surface area contributed by atoms with Gasteiger partial charge >= 0.3 is 0 Å². The first kappa shape index (κ1) is 24.4. The van der Waals surface area contributed by atoms with Crippen LogP contribution in [0.2, 0.25) is 0 Å². The van der Waals surface area contributed by atoms with Crippen LogP contribution in [0.4, 0.5) is 11.4 Å². The maximum Gasteiger partial charge on any atom is 0.253 e. The molecular formula is C23H31N3O4S. The van der Waals surface area contributed by atoms with E-state index in [1.165, 1.54) is 4.31 Å². The number of amides is 2. The van der Waals surface area contributed by atoms with Gasteiger partial charge in [0.2, 0.25) is 15.9 Å². The molecule has 0 aliphatic carbocycles. The van der Waals surface area contributed by atoms with E-state index in [0.29, 0.717) is 29.9 Å². The van der Waals surface area contributed by atoms with E-state index >= 15 is 0 Å². The molecule has 8 heteroatoms. The Bertz CT molecular complexity index is 1010. The highest BCUT2D eigenvalue weighted by Gasteiger charge is 2.18. The molecule has 0 bridgehead atoms. The second kappa shape index (κ2) is 11.5. The van der Waals surface area contributed by atoms with E-state index in [0.717, 1.165) is 24.7 Å². The number of anilines is 2. The van der Waals surface area contributed by atoms with Crippen molar-refractivity contribution in [3.8, 4) is 0 Å². The quantitative estimate of drug-likeness (QED) is 0.516. The number of unbranched alkanes of at least 4 members (excludes halogenated alkanes) is 1. The van der Waals surface area contributed by atoms with Crippen molar-refractivity contribution in [3.63, 3.8) is 0 Å². The fourth-order valence-electron chi connectivity index (χ4n) is 3.13. The van der Waals surface area contributed by atoms with Crippen LogP contribution in [0.15, 0.2) is 48.5 Å². The van der Waals surface area contributed by atoms with Crippen molar-refractivity contribution in [2.45, 2.75) is 39.5 Å². The van der Waals surface area contributed by atoms with Gasteiger partial charge < -0.3 is 10.6 Å². The number of carbonyl (C=O) groups excluding carboxylic acids is 2. The van der Waals surface area contributed by atoms with E-state index < -0.39 is 10.0 Å². The molecule has 2 rings (SSSR count). The Morgan fingerprint density at radius 3 is 2.45 bits per heavy atom. The number of benzene rings is 2. The third kappa shape index (κ3) is 7.71. The first-order valence-corrected chi connectivity index (χ1v) is 12.3. The lowest BCUT2D eigenvalue weighted by Crippen LogP contribution is -2.31. The maximum atomic E-state index is 12.5. The SMILES string of the molecule is CCCCNC(=O)c1ccccc1NC(=O)CCCN(c1cccc(C)c1)S(C)(=O)=O. The third-order valence-electron chi connectivity index (χ3n) is 4.72. The number of hydrogen-bond donors (Lipinski definition) is 2. The van der Waals surface area contributed by atoms with Gasteiger partial charge in [-0.2, -0.15) is 0 Å². The molecule has 168 valence electrons. The Morgan fingerprint density at radius 1 is 1.03 bits per heavy atom. The first-order valence-electron chi connectivity index (χ1n) is 10.4. The summed E-state index contributed by atoms with van der Waals surface area (Å²) in [4.78, 5) is 24.8. The molecule has 0 unspecified atom stereocenters.